The molecule has 0 saturated heterocycles. The van der Waals surface area contributed by atoms with Gasteiger partial charge >= 0.3 is 6.18 Å². The van der Waals surface area contributed by atoms with Gasteiger partial charge in [0.15, 0.2) is 5.78 Å². The van der Waals surface area contributed by atoms with Crippen molar-refractivity contribution >= 4 is 35.1 Å². The number of amides is 1. The van der Waals surface area contributed by atoms with E-state index in [2.05, 4.69) is 5.32 Å². The van der Waals surface area contributed by atoms with Gasteiger partial charge in [0.2, 0.25) is 5.91 Å². The van der Waals surface area contributed by atoms with Crippen LogP contribution in [-0.4, -0.2) is 35.4 Å². The molecule has 0 bridgehead atoms. The first-order valence-corrected chi connectivity index (χ1v) is 9.53. The van der Waals surface area contributed by atoms with E-state index in [1.54, 1.807) is 24.3 Å². The third-order valence-electron chi connectivity index (χ3n) is 4.17. The molecule has 0 spiro atoms. The average Bonchev–Trinajstić information content (AvgIpc) is 2.55. The maximum atomic E-state index is 13.0. The van der Waals surface area contributed by atoms with Gasteiger partial charge in [-0.05, 0) is 37.1 Å². The summed E-state index contributed by atoms with van der Waals surface area (Å²) in [4.78, 5) is 23.9. The summed E-state index contributed by atoms with van der Waals surface area (Å²) in [5.74, 6) is -2.05. The van der Waals surface area contributed by atoms with Crippen LogP contribution in [0.5, 0.6) is 0 Å². The van der Waals surface area contributed by atoms with Crippen LogP contribution >= 0.6 is 23.4 Å². The second kappa shape index (κ2) is 8.94. The van der Waals surface area contributed by atoms with E-state index < -0.39 is 24.0 Å². The lowest BCUT2D eigenvalue weighted by Gasteiger charge is -2.33. The predicted octanol–water partition coefficient (Wildman–Crippen LogP) is 4.49. The Morgan fingerprint density at radius 3 is 2.40 bits per heavy atom. The molecule has 1 aliphatic carbocycles. The highest BCUT2D eigenvalue weighted by atomic mass is 35.5. The number of Topliss-reactive ketones (excluding diaryl/α,β-unsaturated/α-hetero) is 1. The Morgan fingerprint density at radius 2 is 1.76 bits per heavy atom. The van der Waals surface area contributed by atoms with Gasteiger partial charge in [-0.15, -0.1) is 11.8 Å². The smallest absolute Gasteiger partial charge is 0.352 e. The monoisotopic (exact) mass is 393 g/mol. The van der Waals surface area contributed by atoms with Crippen LogP contribution in [0.3, 0.4) is 0 Å². The highest BCUT2D eigenvalue weighted by molar-refractivity contribution is 8.00. The maximum absolute atomic E-state index is 13.0. The fourth-order valence-corrected chi connectivity index (χ4v) is 3.75. The second-order valence-electron chi connectivity index (χ2n) is 6.03. The molecule has 25 heavy (non-hydrogen) atoms. The number of rotatable bonds is 6. The number of carbonyl (C=O) groups is 2. The molecule has 8 heteroatoms. The second-order valence-corrected chi connectivity index (χ2v) is 7.45. The summed E-state index contributed by atoms with van der Waals surface area (Å²) in [6, 6.07) is 5.54. The normalized spacial score (nSPS) is 21.0. The number of hydrogen-bond donors (Lipinski definition) is 1. The predicted molar refractivity (Wildman–Crippen MR) is 93.1 cm³/mol. The highest BCUT2D eigenvalue weighted by Crippen LogP contribution is 2.37. The summed E-state index contributed by atoms with van der Waals surface area (Å²) in [5.41, 5.74) is 0.488. The van der Waals surface area contributed by atoms with Gasteiger partial charge in [0.05, 0.1) is 17.4 Å². The molecule has 2 atom stereocenters. The van der Waals surface area contributed by atoms with Gasteiger partial charge in [-0.1, -0.05) is 24.4 Å². The van der Waals surface area contributed by atoms with Crippen LogP contribution in [-0.2, 0) is 4.79 Å². The van der Waals surface area contributed by atoms with Crippen molar-refractivity contribution in [2.24, 2.45) is 5.92 Å². The fraction of sp³-hybridized carbons (Fsp3) is 0.529. The van der Waals surface area contributed by atoms with E-state index in [4.69, 9.17) is 11.6 Å². The molecule has 1 aliphatic rings. The number of benzene rings is 1. The molecule has 1 N–H and O–H groups in total. The zero-order valence-electron chi connectivity index (χ0n) is 13.4. The molecule has 0 unspecified atom stereocenters. The third kappa shape index (κ3) is 6.22. The van der Waals surface area contributed by atoms with Crippen LogP contribution in [0.4, 0.5) is 13.2 Å². The first-order valence-electron chi connectivity index (χ1n) is 8.00. The average molecular weight is 394 g/mol. The molecule has 138 valence electrons. The topological polar surface area (TPSA) is 46.2 Å². The number of halogens is 4. The molecule has 1 aromatic rings. The number of nitrogens with one attached hydrogen (secondary N) is 1. The molecule has 0 heterocycles. The number of ketones is 1. The zero-order chi connectivity index (χ0) is 18.4. The van der Waals surface area contributed by atoms with Crippen molar-refractivity contribution in [3.05, 3.63) is 34.9 Å². The van der Waals surface area contributed by atoms with Crippen LogP contribution < -0.4 is 5.32 Å². The van der Waals surface area contributed by atoms with E-state index in [1.165, 1.54) is 0 Å². The summed E-state index contributed by atoms with van der Waals surface area (Å²) >= 11 is 6.84. The lowest BCUT2D eigenvalue weighted by Crippen LogP contribution is -2.48. The Kier molecular flexibility index (Phi) is 7.19. The molecular weight excluding hydrogens is 375 g/mol. The van der Waals surface area contributed by atoms with Crippen molar-refractivity contribution < 1.29 is 22.8 Å². The summed E-state index contributed by atoms with van der Waals surface area (Å²) in [7, 11) is 0. The van der Waals surface area contributed by atoms with E-state index in [0.717, 1.165) is 11.8 Å². The quantitative estimate of drug-likeness (QED) is 0.724. The van der Waals surface area contributed by atoms with Crippen LogP contribution in [0.2, 0.25) is 5.02 Å². The van der Waals surface area contributed by atoms with E-state index >= 15 is 0 Å². The minimum absolute atomic E-state index is 0.0413. The van der Waals surface area contributed by atoms with Gasteiger partial charge in [0.1, 0.15) is 0 Å². The summed E-state index contributed by atoms with van der Waals surface area (Å²) < 4.78 is 39.0. The molecule has 1 fully saturated rings. The zero-order valence-corrected chi connectivity index (χ0v) is 15.0. The van der Waals surface area contributed by atoms with Gasteiger partial charge in [0, 0.05) is 16.6 Å². The van der Waals surface area contributed by atoms with Crippen molar-refractivity contribution in [1.29, 1.82) is 0 Å². The molecule has 1 aromatic carbocycles. The van der Waals surface area contributed by atoms with Crippen LogP contribution in [0, 0.1) is 5.92 Å². The summed E-state index contributed by atoms with van der Waals surface area (Å²) in [6.45, 7) is 0. The third-order valence-corrected chi connectivity index (χ3v) is 5.35. The van der Waals surface area contributed by atoms with E-state index in [9.17, 15) is 22.8 Å². The minimum atomic E-state index is -4.30. The molecule has 1 saturated carbocycles. The Morgan fingerprint density at radius 1 is 1.12 bits per heavy atom. The molecular formula is C17H19ClF3NO2S. The SMILES string of the molecule is O=C(CSCC(=O)c1ccc(Cl)cc1)N[C@@H]1CCCC[C@@H]1C(F)(F)F. The van der Waals surface area contributed by atoms with Crippen molar-refractivity contribution in [2.45, 2.75) is 37.9 Å². The molecule has 0 aromatic heterocycles. The van der Waals surface area contributed by atoms with Gasteiger partial charge in [-0.3, -0.25) is 9.59 Å². The van der Waals surface area contributed by atoms with Gasteiger partial charge in [-0.25, -0.2) is 0 Å². The lowest BCUT2D eigenvalue weighted by atomic mass is 9.84. The maximum Gasteiger partial charge on any atom is 0.393 e. The molecule has 3 nitrogen and oxygen atoms in total. The van der Waals surface area contributed by atoms with Gasteiger partial charge < -0.3 is 5.32 Å². The Bertz CT molecular complexity index is 607. The fourth-order valence-electron chi connectivity index (χ4n) is 2.90. The van der Waals surface area contributed by atoms with Crippen molar-refractivity contribution in [1.82, 2.24) is 5.32 Å². The Hall–Kier alpha value is -1.21. The van der Waals surface area contributed by atoms with Crippen LogP contribution in [0.1, 0.15) is 36.0 Å². The number of hydrogen-bond acceptors (Lipinski definition) is 3. The van der Waals surface area contributed by atoms with Crippen LogP contribution in [0.25, 0.3) is 0 Å². The number of alkyl halides is 3. The van der Waals surface area contributed by atoms with Crippen molar-refractivity contribution in [3.8, 4) is 0 Å². The van der Waals surface area contributed by atoms with Gasteiger partial charge in [0.25, 0.3) is 0 Å². The number of thioether (sulfide) groups is 1. The van der Waals surface area contributed by atoms with E-state index in [0.29, 0.717) is 29.8 Å². The van der Waals surface area contributed by atoms with Crippen molar-refractivity contribution in [2.75, 3.05) is 11.5 Å². The molecule has 1 amide bonds. The van der Waals surface area contributed by atoms with Gasteiger partial charge in [-0.2, -0.15) is 13.2 Å². The molecule has 0 radical (unpaired) electrons. The Balaban J connectivity index is 1.78. The summed E-state index contributed by atoms with van der Waals surface area (Å²) in [6.07, 6.45) is -2.70. The van der Waals surface area contributed by atoms with Crippen LogP contribution in [0.15, 0.2) is 24.3 Å². The lowest BCUT2D eigenvalue weighted by molar-refractivity contribution is -0.189. The first kappa shape index (κ1) is 20.1. The molecule has 0 aliphatic heterocycles. The molecule has 2 rings (SSSR count). The largest absolute Gasteiger partial charge is 0.393 e. The number of carbonyl (C=O) groups excluding carboxylic acids is 2. The Labute approximate surface area is 153 Å². The minimum Gasteiger partial charge on any atom is -0.352 e. The first-order chi connectivity index (χ1) is 11.8. The van der Waals surface area contributed by atoms with E-state index in [-0.39, 0.29) is 23.7 Å². The summed E-state index contributed by atoms with van der Waals surface area (Å²) in [5, 5.41) is 3.01. The standard InChI is InChI=1S/C17H19ClF3NO2S/c18-12-7-5-11(6-8-12)15(23)9-25-10-16(24)22-14-4-2-1-3-13(14)17(19,20)21/h5-8,13-14H,1-4,9-10H2,(H,22,24)/t13-,14+/m0/s1. The highest BCUT2D eigenvalue weighted by Gasteiger charge is 2.45. The van der Waals surface area contributed by atoms with E-state index in [1.807, 2.05) is 0 Å². The van der Waals surface area contributed by atoms with Crippen molar-refractivity contribution in [3.63, 3.8) is 0 Å².